The van der Waals surface area contributed by atoms with Gasteiger partial charge in [0.1, 0.15) is 5.78 Å². The summed E-state index contributed by atoms with van der Waals surface area (Å²) in [5.41, 5.74) is 0. The van der Waals surface area contributed by atoms with Crippen molar-refractivity contribution in [1.29, 1.82) is 0 Å². The Morgan fingerprint density at radius 2 is 2.00 bits per heavy atom. The summed E-state index contributed by atoms with van der Waals surface area (Å²) in [6.45, 7) is 9.65. The summed E-state index contributed by atoms with van der Waals surface area (Å²) in [6.07, 6.45) is 2.43. The van der Waals surface area contributed by atoms with Gasteiger partial charge in [0.25, 0.3) is 0 Å². The second-order valence-corrected chi connectivity index (χ2v) is 5.60. The van der Waals surface area contributed by atoms with Crippen molar-refractivity contribution in [1.82, 2.24) is 4.90 Å². The summed E-state index contributed by atoms with van der Waals surface area (Å²) >= 11 is 0. The van der Waals surface area contributed by atoms with Gasteiger partial charge in [-0.15, -0.1) is 0 Å². The monoisotopic (exact) mass is 211 g/mol. The number of ketones is 1. The van der Waals surface area contributed by atoms with Crippen molar-refractivity contribution in [3.8, 4) is 0 Å². The molecule has 0 aromatic heterocycles. The molecule has 0 aromatic rings. The van der Waals surface area contributed by atoms with Crippen LogP contribution in [0.4, 0.5) is 0 Å². The van der Waals surface area contributed by atoms with Gasteiger partial charge in [-0.2, -0.15) is 0 Å². The highest BCUT2D eigenvalue weighted by atomic mass is 16.1. The summed E-state index contributed by atoms with van der Waals surface area (Å²) in [4.78, 5) is 13.8. The van der Waals surface area contributed by atoms with E-state index in [1.807, 2.05) is 0 Å². The van der Waals surface area contributed by atoms with Gasteiger partial charge in [0.05, 0.1) is 6.04 Å². The van der Waals surface area contributed by atoms with Gasteiger partial charge in [-0.25, -0.2) is 0 Å². The maximum atomic E-state index is 11.6. The van der Waals surface area contributed by atoms with Crippen molar-refractivity contribution in [2.45, 2.75) is 46.6 Å². The van der Waals surface area contributed by atoms with Gasteiger partial charge in [-0.05, 0) is 51.1 Å². The van der Waals surface area contributed by atoms with E-state index in [-0.39, 0.29) is 6.04 Å². The molecule has 15 heavy (non-hydrogen) atoms. The van der Waals surface area contributed by atoms with Crippen LogP contribution in [0.3, 0.4) is 0 Å². The molecule has 2 nitrogen and oxygen atoms in total. The van der Waals surface area contributed by atoms with E-state index in [9.17, 15) is 4.79 Å². The largest absolute Gasteiger partial charge is 0.298 e. The van der Waals surface area contributed by atoms with Crippen LogP contribution in [0, 0.1) is 17.8 Å². The summed E-state index contributed by atoms with van der Waals surface area (Å²) in [5.74, 6) is 2.33. The number of Topliss-reactive ketones (excluding diaryl/α,β-unsaturated/α-hetero) is 1. The van der Waals surface area contributed by atoms with Gasteiger partial charge in [0, 0.05) is 0 Å². The molecular formula is C13H25NO. The molecule has 2 heteroatoms. The van der Waals surface area contributed by atoms with E-state index in [2.05, 4.69) is 32.7 Å². The second-order valence-electron chi connectivity index (χ2n) is 5.60. The van der Waals surface area contributed by atoms with Crippen LogP contribution in [0.5, 0.6) is 0 Å². The van der Waals surface area contributed by atoms with E-state index in [1.165, 1.54) is 12.8 Å². The van der Waals surface area contributed by atoms with Crippen LogP contribution in [0.15, 0.2) is 0 Å². The lowest BCUT2D eigenvalue weighted by Gasteiger charge is -2.28. The first-order valence-electron chi connectivity index (χ1n) is 6.14. The minimum absolute atomic E-state index is 0.179. The Morgan fingerprint density at radius 3 is 2.47 bits per heavy atom. The Morgan fingerprint density at radius 1 is 1.40 bits per heavy atom. The number of hydrogen-bond acceptors (Lipinski definition) is 2. The third kappa shape index (κ3) is 3.04. The molecule has 0 spiro atoms. The number of hydrogen-bond donors (Lipinski definition) is 0. The minimum Gasteiger partial charge on any atom is -0.298 e. The van der Waals surface area contributed by atoms with Gasteiger partial charge >= 0.3 is 0 Å². The molecule has 1 saturated heterocycles. The molecular weight excluding hydrogens is 186 g/mol. The van der Waals surface area contributed by atoms with E-state index in [0.717, 1.165) is 12.5 Å². The fourth-order valence-corrected chi connectivity index (χ4v) is 3.10. The van der Waals surface area contributed by atoms with Crippen LogP contribution in [0.1, 0.15) is 40.5 Å². The molecule has 0 bridgehead atoms. The highest BCUT2D eigenvalue weighted by Crippen LogP contribution is 2.33. The van der Waals surface area contributed by atoms with Gasteiger partial charge < -0.3 is 0 Å². The topological polar surface area (TPSA) is 20.3 Å². The van der Waals surface area contributed by atoms with Crippen molar-refractivity contribution in [2.24, 2.45) is 17.8 Å². The Kier molecular flexibility index (Phi) is 4.32. The average Bonchev–Trinajstić information content (AvgIpc) is 2.45. The lowest BCUT2D eigenvalue weighted by Crippen LogP contribution is -2.38. The Hall–Kier alpha value is -0.370. The Labute approximate surface area is 94.0 Å². The van der Waals surface area contributed by atoms with Crippen molar-refractivity contribution in [3.05, 3.63) is 0 Å². The zero-order valence-electron chi connectivity index (χ0n) is 10.8. The molecule has 3 unspecified atom stereocenters. The van der Waals surface area contributed by atoms with Gasteiger partial charge in [-0.3, -0.25) is 9.69 Å². The SMILES string of the molecule is CC(=O)C1C(C(C)CC(C)C)CCN1C. The smallest absolute Gasteiger partial charge is 0.147 e. The van der Waals surface area contributed by atoms with Crippen LogP contribution < -0.4 is 0 Å². The fourth-order valence-electron chi connectivity index (χ4n) is 3.10. The first-order valence-corrected chi connectivity index (χ1v) is 6.14. The van der Waals surface area contributed by atoms with E-state index >= 15 is 0 Å². The molecule has 1 rings (SSSR count). The van der Waals surface area contributed by atoms with E-state index in [4.69, 9.17) is 0 Å². The lowest BCUT2D eigenvalue weighted by molar-refractivity contribution is -0.122. The maximum Gasteiger partial charge on any atom is 0.147 e. The van der Waals surface area contributed by atoms with Gasteiger partial charge in [0.15, 0.2) is 0 Å². The van der Waals surface area contributed by atoms with Gasteiger partial charge in [-0.1, -0.05) is 20.8 Å². The molecule has 1 aliphatic rings. The number of nitrogens with zero attached hydrogens (tertiary/aromatic N) is 1. The normalized spacial score (nSPS) is 29.7. The lowest BCUT2D eigenvalue weighted by atomic mass is 9.81. The highest BCUT2D eigenvalue weighted by molar-refractivity contribution is 5.82. The maximum absolute atomic E-state index is 11.6. The number of carbonyl (C=O) groups excluding carboxylic acids is 1. The van der Waals surface area contributed by atoms with Crippen LogP contribution in [0.25, 0.3) is 0 Å². The molecule has 1 heterocycles. The van der Waals surface area contributed by atoms with Crippen molar-refractivity contribution in [2.75, 3.05) is 13.6 Å². The summed E-state index contributed by atoms with van der Waals surface area (Å²) in [5, 5.41) is 0. The first kappa shape index (κ1) is 12.7. The summed E-state index contributed by atoms with van der Waals surface area (Å²) < 4.78 is 0. The molecule has 88 valence electrons. The standard InChI is InChI=1S/C13H25NO/c1-9(2)8-10(3)12-6-7-14(5)13(12)11(4)15/h9-10,12-13H,6-8H2,1-5H3. The zero-order chi connectivity index (χ0) is 11.6. The van der Waals surface area contributed by atoms with Crippen LogP contribution >= 0.6 is 0 Å². The van der Waals surface area contributed by atoms with Crippen LogP contribution in [-0.4, -0.2) is 30.3 Å². The fraction of sp³-hybridized carbons (Fsp3) is 0.923. The molecule has 0 radical (unpaired) electrons. The number of likely N-dealkylation sites (tertiary alicyclic amines) is 1. The second kappa shape index (κ2) is 5.11. The Bertz CT molecular complexity index is 225. The zero-order valence-corrected chi connectivity index (χ0v) is 10.8. The van der Waals surface area contributed by atoms with E-state index in [1.54, 1.807) is 6.92 Å². The summed E-state index contributed by atoms with van der Waals surface area (Å²) in [7, 11) is 2.08. The predicted molar refractivity (Wildman–Crippen MR) is 63.8 cm³/mol. The van der Waals surface area contributed by atoms with E-state index < -0.39 is 0 Å². The molecule has 3 atom stereocenters. The molecule has 0 saturated carbocycles. The third-order valence-corrected chi connectivity index (χ3v) is 3.69. The molecule has 0 aliphatic carbocycles. The van der Waals surface area contributed by atoms with Gasteiger partial charge in [0.2, 0.25) is 0 Å². The Balaban J connectivity index is 2.64. The minimum atomic E-state index is 0.179. The van der Waals surface area contributed by atoms with Crippen LogP contribution in [-0.2, 0) is 4.79 Å². The molecule has 1 fully saturated rings. The average molecular weight is 211 g/mol. The molecule has 1 aliphatic heterocycles. The van der Waals surface area contributed by atoms with Crippen LogP contribution in [0.2, 0.25) is 0 Å². The molecule has 0 amide bonds. The third-order valence-electron chi connectivity index (χ3n) is 3.69. The van der Waals surface area contributed by atoms with Crippen molar-refractivity contribution >= 4 is 5.78 Å². The first-order chi connectivity index (χ1) is 6.93. The summed E-state index contributed by atoms with van der Waals surface area (Å²) in [6, 6.07) is 0.179. The van der Waals surface area contributed by atoms with E-state index in [0.29, 0.717) is 17.6 Å². The van der Waals surface area contributed by atoms with Crippen molar-refractivity contribution < 1.29 is 4.79 Å². The number of likely N-dealkylation sites (N-methyl/N-ethyl adjacent to an activating group) is 1. The number of rotatable bonds is 4. The molecule has 0 N–H and O–H groups in total. The number of carbonyl (C=O) groups is 1. The molecule has 0 aromatic carbocycles. The highest BCUT2D eigenvalue weighted by Gasteiger charge is 2.37. The quantitative estimate of drug-likeness (QED) is 0.712. The van der Waals surface area contributed by atoms with Crippen molar-refractivity contribution in [3.63, 3.8) is 0 Å². The predicted octanol–water partition coefficient (Wildman–Crippen LogP) is 2.58.